The van der Waals surface area contributed by atoms with E-state index >= 15 is 0 Å². The van der Waals surface area contributed by atoms with E-state index in [1.54, 1.807) is 11.3 Å². The van der Waals surface area contributed by atoms with Crippen LogP contribution in [0.3, 0.4) is 0 Å². The zero-order valence-corrected chi connectivity index (χ0v) is 17.4. The van der Waals surface area contributed by atoms with Crippen LogP contribution in [0.5, 0.6) is 0 Å². The van der Waals surface area contributed by atoms with Gasteiger partial charge in [-0.25, -0.2) is 0 Å². The van der Waals surface area contributed by atoms with Gasteiger partial charge in [0.2, 0.25) is 5.91 Å². The number of thioether (sulfide) groups is 1. The maximum absolute atomic E-state index is 12.4. The number of hydrogen-bond acceptors (Lipinski definition) is 6. The van der Waals surface area contributed by atoms with E-state index in [4.69, 9.17) is 0 Å². The molecule has 1 N–H and O–H groups in total. The Labute approximate surface area is 172 Å². The van der Waals surface area contributed by atoms with Gasteiger partial charge in [0, 0.05) is 6.54 Å². The summed E-state index contributed by atoms with van der Waals surface area (Å²) in [4.78, 5) is 25.4. The average Bonchev–Trinajstić information content (AvgIpc) is 3.35. The Bertz CT molecular complexity index is 923. The van der Waals surface area contributed by atoms with E-state index in [1.165, 1.54) is 18.7 Å². The summed E-state index contributed by atoms with van der Waals surface area (Å²) in [5.41, 5.74) is 1.02. The summed E-state index contributed by atoms with van der Waals surface area (Å²) in [6.45, 7) is 4.24. The number of hydrogen-bond donors (Lipinski definition) is 1. The first-order valence-corrected chi connectivity index (χ1v) is 10.9. The molecule has 0 aliphatic carbocycles. The van der Waals surface area contributed by atoms with Crippen LogP contribution in [-0.4, -0.2) is 38.2 Å². The number of Topliss-reactive ketones (excluding diaryl/α,β-unsaturated/α-hetero) is 1. The van der Waals surface area contributed by atoms with Crippen molar-refractivity contribution in [3.05, 3.63) is 53.4 Å². The van der Waals surface area contributed by atoms with Gasteiger partial charge >= 0.3 is 0 Å². The topological polar surface area (TPSA) is 76.9 Å². The Hall–Kier alpha value is -2.45. The Balaban J connectivity index is 1.61. The lowest BCUT2D eigenvalue weighted by molar-refractivity contribution is -0.125. The van der Waals surface area contributed by atoms with Gasteiger partial charge in [0.05, 0.1) is 16.7 Å². The Morgan fingerprint density at radius 2 is 1.96 bits per heavy atom. The molecule has 3 aromatic rings. The van der Waals surface area contributed by atoms with E-state index in [0.29, 0.717) is 18.1 Å². The molecule has 28 heavy (non-hydrogen) atoms. The Morgan fingerprint density at radius 3 is 2.61 bits per heavy atom. The molecule has 0 fully saturated rings. The van der Waals surface area contributed by atoms with Gasteiger partial charge < -0.3 is 9.88 Å². The van der Waals surface area contributed by atoms with Crippen LogP contribution in [0.1, 0.15) is 19.4 Å². The van der Waals surface area contributed by atoms with E-state index in [9.17, 15) is 9.59 Å². The van der Waals surface area contributed by atoms with Crippen molar-refractivity contribution in [1.29, 1.82) is 0 Å². The highest BCUT2D eigenvalue weighted by Crippen LogP contribution is 2.27. The van der Waals surface area contributed by atoms with Gasteiger partial charge in [-0.05, 0) is 37.3 Å². The summed E-state index contributed by atoms with van der Waals surface area (Å²) in [6.07, 6.45) is 0.486. The molecule has 0 spiro atoms. The molecule has 0 bridgehead atoms. The van der Waals surface area contributed by atoms with E-state index in [-0.39, 0.29) is 17.4 Å². The van der Waals surface area contributed by atoms with Gasteiger partial charge in [-0.15, -0.1) is 21.5 Å². The molecular weight excluding hydrogens is 392 g/mol. The first-order chi connectivity index (χ1) is 13.6. The molecule has 8 heteroatoms. The lowest BCUT2D eigenvalue weighted by atomic mass is 10.0. The summed E-state index contributed by atoms with van der Waals surface area (Å²) in [6, 6.07) is 13.1. The van der Waals surface area contributed by atoms with Gasteiger partial charge in [-0.3, -0.25) is 9.59 Å². The molecule has 1 amide bonds. The predicted molar refractivity (Wildman–Crippen MR) is 112 cm³/mol. The second-order valence-electron chi connectivity index (χ2n) is 6.24. The number of ketones is 1. The molecule has 1 atom stereocenters. The molecule has 0 aliphatic heterocycles. The molecular formula is C20H22N4O2S2. The molecule has 146 valence electrons. The highest BCUT2D eigenvalue weighted by atomic mass is 32.2. The quantitative estimate of drug-likeness (QED) is 0.543. The molecule has 0 aliphatic rings. The van der Waals surface area contributed by atoms with Crippen molar-refractivity contribution in [3.8, 4) is 10.7 Å². The molecule has 2 aromatic heterocycles. The van der Waals surface area contributed by atoms with Crippen LogP contribution in [-0.2, 0) is 22.6 Å². The van der Waals surface area contributed by atoms with Crippen molar-refractivity contribution in [2.75, 3.05) is 5.75 Å². The van der Waals surface area contributed by atoms with Gasteiger partial charge in [-0.2, -0.15) is 0 Å². The molecule has 1 aromatic carbocycles. The number of carbonyl (C=O) groups excluding carboxylic acids is 2. The number of thiophene rings is 1. The number of benzene rings is 1. The normalized spacial score (nSPS) is 11.9. The molecule has 0 saturated heterocycles. The fourth-order valence-corrected chi connectivity index (χ4v) is 4.31. The van der Waals surface area contributed by atoms with Gasteiger partial charge in [0.25, 0.3) is 0 Å². The highest BCUT2D eigenvalue weighted by molar-refractivity contribution is 7.99. The summed E-state index contributed by atoms with van der Waals surface area (Å²) in [7, 11) is 0. The number of aromatic nitrogens is 3. The second-order valence-corrected chi connectivity index (χ2v) is 8.13. The number of nitrogens with zero attached hydrogens (tertiary/aromatic N) is 3. The van der Waals surface area contributed by atoms with Crippen LogP contribution in [0.25, 0.3) is 10.7 Å². The van der Waals surface area contributed by atoms with E-state index in [2.05, 4.69) is 15.5 Å². The van der Waals surface area contributed by atoms with Gasteiger partial charge in [-0.1, -0.05) is 48.2 Å². The summed E-state index contributed by atoms with van der Waals surface area (Å²) in [5.74, 6) is 0.746. The highest BCUT2D eigenvalue weighted by Gasteiger charge is 2.19. The minimum Gasteiger partial charge on any atom is -0.345 e. The second kappa shape index (κ2) is 9.66. The Morgan fingerprint density at radius 1 is 1.18 bits per heavy atom. The van der Waals surface area contributed by atoms with Crippen LogP contribution >= 0.6 is 23.1 Å². The van der Waals surface area contributed by atoms with E-state index in [1.807, 2.05) is 59.3 Å². The predicted octanol–water partition coefficient (Wildman–Crippen LogP) is 3.44. The fraction of sp³-hybridized carbons (Fsp3) is 0.300. The molecule has 3 rings (SSSR count). The third-order valence-corrected chi connectivity index (χ3v) is 6.05. The number of carbonyl (C=O) groups is 2. The third-order valence-electron chi connectivity index (χ3n) is 4.22. The summed E-state index contributed by atoms with van der Waals surface area (Å²) in [5, 5.41) is 14.0. The molecule has 6 nitrogen and oxygen atoms in total. The first kappa shape index (κ1) is 20.3. The first-order valence-electron chi connectivity index (χ1n) is 9.02. The summed E-state index contributed by atoms with van der Waals surface area (Å²) < 4.78 is 2.00. The number of rotatable bonds is 9. The monoisotopic (exact) mass is 414 g/mol. The number of amides is 1. The van der Waals surface area contributed by atoms with Crippen molar-refractivity contribution in [3.63, 3.8) is 0 Å². The van der Waals surface area contributed by atoms with Crippen LogP contribution in [0.2, 0.25) is 0 Å². The molecule has 0 saturated carbocycles. The zero-order valence-electron chi connectivity index (χ0n) is 15.8. The van der Waals surface area contributed by atoms with Gasteiger partial charge in [0.15, 0.2) is 16.8 Å². The maximum atomic E-state index is 12.4. The van der Waals surface area contributed by atoms with Crippen LogP contribution in [0.4, 0.5) is 0 Å². The van der Waals surface area contributed by atoms with Crippen molar-refractivity contribution >= 4 is 34.8 Å². The SMILES string of the molecule is CCn1c(SCC(=O)N[C@H](Cc2ccccc2)C(C)=O)nnc1-c1cccs1. The average molecular weight is 415 g/mol. The summed E-state index contributed by atoms with van der Waals surface area (Å²) >= 11 is 2.93. The minimum absolute atomic E-state index is 0.0566. The molecule has 2 heterocycles. The van der Waals surface area contributed by atoms with E-state index < -0.39 is 6.04 Å². The van der Waals surface area contributed by atoms with Crippen LogP contribution in [0.15, 0.2) is 53.0 Å². The zero-order chi connectivity index (χ0) is 19.9. The standard InChI is InChI=1S/C20H22N4O2S2/c1-3-24-19(17-10-7-11-27-17)22-23-20(24)28-13-18(26)21-16(14(2)25)12-15-8-5-4-6-9-15/h4-11,16H,3,12-13H2,1-2H3,(H,21,26)/t16-/m1/s1. The van der Waals surface area contributed by atoms with Crippen molar-refractivity contribution in [2.24, 2.45) is 0 Å². The third kappa shape index (κ3) is 5.08. The van der Waals surface area contributed by atoms with Crippen LogP contribution in [0, 0.1) is 0 Å². The largest absolute Gasteiger partial charge is 0.345 e. The van der Waals surface area contributed by atoms with Crippen molar-refractivity contribution < 1.29 is 9.59 Å². The molecule has 0 unspecified atom stereocenters. The van der Waals surface area contributed by atoms with Crippen molar-refractivity contribution in [2.45, 2.75) is 38.0 Å². The maximum Gasteiger partial charge on any atom is 0.231 e. The minimum atomic E-state index is -0.527. The van der Waals surface area contributed by atoms with Crippen LogP contribution < -0.4 is 5.32 Å². The lowest BCUT2D eigenvalue weighted by Crippen LogP contribution is -2.42. The Kier molecular flexibility index (Phi) is 7.00. The smallest absolute Gasteiger partial charge is 0.231 e. The number of nitrogens with one attached hydrogen (secondary N) is 1. The lowest BCUT2D eigenvalue weighted by Gasteiger charge is -2.16. The molecule has 0 radical (unpaired) electrons. The van der Waals surface area contributed by atoms with Crippen molar-refractivity contribution in [1.82, 2.24) is 20.1 Å². The van der Waals surface area contributed by atoms with Gasteiger partial charge in [0.1, 0.15) is 0 Å². The van der Waals surface area contributed by atoms with E-state index in [0.717, 1.165) is 16.3 Å². The fourth-order valence-electron chi connectivity index (χ4n) is 2.78.